The van der Waals surface area contributed by atoms with Gasteiger partial charge in [0.1, 0.15) is 11.6 Å². The average Bonchev–Trinajstić information content (AvgIpc) is 2.20. The fraction of sp³-hybridized carbons (Fsp3) is 0.727. The Morgan fingerprint density at radius 1 is 1.40 bits per heavy atom. The number of carbonyl (C=O) groups is 3. The van der Waals surface area contributed by atoms with Crippen LogP contribution in [0.25, 0.3) is 0 Å². The van der Waals surface area contributed by atoms with Crippen molar-refractivity contribution >= 4 is 17.5 Å². The van der Waals surface area contributed by atoms with Gasteiger partial charge in [-0.15, -0.1) is 0 Å². The highest BCUT2D eigenvalue weighted by Crippen LogP contribution is 2.22. The van der Waals surface area contributed by atoms with Crippen LogP contribution in [0.2, 0.25) is 0 Å². The molecule has 0 N–H and O–H groups in total. The minimum absolute atomic E-state index is 0.110. The number of ketones is 2. The fourth-order valence-corrected chi connectivity index (χ4v) is 1.75. The molecule has 1 unspecified atom stereocenters. The highest BCUT2D eigenvalue weighted by molar-refractivity contribution is 5.94. The van der Waals surface area contributed by atoms with Crippen LogP contribution >= 0.6 is 0 Å². The first-order valence-electron chi connectivity index (χ1n) is 5.33. The summed E-state index contributed by atoms with van der Waals surface area (Å²) < 4.78 is 4.76. The molecule has 1 saturated carbocycles. The molecule has 1 rings (SSSR count). The molecular formula is C11H16O4. The molecule has 0 heterocycles. The molecule has 0 aromatic carbocycles. The Morgan fingerprint density at radius 3 is 2.80 bits per heavy atom. The summed E-state index contributed by atoms with van der Waals surface area (Å²) in [5.41, 5.74) is 0. The van der Waals surface area contributed by atoms with Crippen LogP contribution in [0.4, 0.5) is 0 Å². The van der Waals surface area contributed by atoms with Crippen LogP contribution in [0.5, 0.6) is 0 Å². The summed E-state index contributed by atoms with van der Waals surface area (Å²) in [6.45, 7) is 2.10. The zero-order valence-corrected chi connectivity index (χ0v) is 8.95. The Labute approximate surface area is 89.0 Å². The first-order chi connectivity index (χ1) is 7.13. The highest BCUT2D eigenvalue weighted by atomic mass is 16.5. The smallest absolute Gasteiger partial charge is 0.305 e. The number of carbonyl (C=O) groups excluding carboxylic acids is 3. The molecule has 0 bridgehead atoms. The molecular weight excluding hydrogens is 196 g/mol. The maximum absolute atomic E-state index is 11.4. The van der Waals surface area contributed by atoms with Gasteiger partial charge in [0.2, 0.25) is 0 Å². The summed E-state index contributed by atoms with van der Waals surface area (Å²) in [6, 6.07) is 0. The zero-order chi connectivity index (χ0) is 11.3. The van der Waals surface area contributed by atoms with E-state index in [-0.39, 0.29) is 29.9 Å². The lowest BCUT2D eigenvalue weighted by molar-refractivity contribution is -0.144. The molecule has 1 atom stereocenters. The summed E-state index contributed by atoms with van der Waals surface area (Å²) in [4.78, 5) is 33.6. The Kier molecular flexibility index (Phi) is 4.46. The van der Waals surface area contributed by atoms with E-state index >= 15 is 0 Å². The van der Waals surface area contributed by atoms with Gasteiger partial charge in [-0.05, 0) is 13.3 Å². The van der Waals surface area contributed by atoms with Crippen molar-refractivity contribution in [3.05, 3.63) is 0 Å². The standard InChI is InChI=1S/C11H16O4/c1-2-15-11(14)6-3-8-7-9(12)4-5-10(8)13/h8H,2-7H2,1H3. The fourth-order valence-electron chi connectivity index (χ4n) is 1.75. The first kappa shape index (κ1) is 11.9. The van der Waals surface area contributed by atoms with Gasteiger partial charge in [0, 0.05) is 31.6 Å². The van der Waals surface area contributed by atoms with Crippen molar-refractivity contribution in [1.29, 1.82) is 0 Å². The molecule has 4 nitrogen and oxygen atoms in total. The minimum Gasteiger partial charge on any atom is -0.466 e. The molecule has 1 fully saturated rings. The van der Waals surface area contributed by atoms with E-state index in [4.69, 9.17) is 4.74 Å². The number of esters is 1. The van der Waals surface area contributed by atoms with E-state index in [1.54, 1.807) is 6.92 Å². The lowest BCUT2D eigenvalue weighted by Crippen LogP contribution is -2.25. The first-order valence-corrected chi connectivity index (χ1v) is 5.33. The van der Waals surface area contributed by atoms with Crippen LogP contribution in [-0.4, -0.2) is 24.1 Å². The maximum Gasteiger partial charge on any atom is 0.305 e. The van der Waals surface area contributed by atoms with Crippen LogP contribution in [-0.2, 0) is 19.1 Å². The normalized spacial score (nSPS) is 21.5. The van der Waals surface area contributed by atoms with Gasteiger partial charge in [-0.2, -0.15) is 0 Å². The van der Waals surface area contributed by atoms with Gasteiger partial charge in [-0.3, -0.25) is 14.4 Å². The van der Waals surface area contributed by atoms with Crippen LogP contribution in [0, 0.1) is 5.92 Å². The summed E-state index contributed by atoms with van der Waals surface area (Å²) in [7, 11) is 0. The lowest BCUT2D eigenvalue weighted by atomic mass is 9.84. The Balaban J connectivity index is 2.33. The monoisotopic (exact) mass is 212 g/mol. The molecule has 1 aliphatic carbocycles. The summed E-state index contributed by atoms with van der Waals surface area (Å²) in [6.07, 6.45) is 1.69. The molecule has 0 spiro atoms. The third kappa shape index (κ3) is 3.81. The summed E-state index contributed by atoms with van der Waals surface area (Å²) >= 11 is 0. The third-order valence-corrected chi connectivity index (χ3v) is 2.58. The molecule has 0 aliphatic heterocycles. The van der Waals surface area contributed by atoms with Crippen molar-refractivity contribution in [1.82, 2.24) is 0 Å². The van der Waals surface area contributed by atoms with Gasteiger partial charge in [0.25, 0.3) is 0 Å². The second kappa shape index (κ2) is 5.63. The molecule has 0 aromatic heterocycles. The minimum atomic E-state index is -0.289. The topological polar surface area (TPSA) is 60.4 Å². The third-order valence-electron chi connectivity index (χ3n) is 2.58. The molecule has 0 saturated heterocycles. The molecule has 1 aliphatic rings. The average molecular weight is 212 g/mol. The second-order valence-electron chi connectivity index (χ2n) is 3.75. The number of hydrogen-bond acceptors (Lipinski definition) is 4. The number of Topliss-reactive ketones (excluding diaryl/α,β-unsaturated/α-hetero) is 2. The van der Waals surface area contributed by atoms with E-state index in [1.165, 1.54) is 0 Å². The van der Waals surface area contributed by atoms with Crippen LogP contribution in [0.1, 0.15) is 39.0 Å². The van der Waals surface area contributed by atoms with Crippen LogP contribution in [0.15, 0.2) is 0 Å². The van der Waals surface area contributed by atoms with Crippen molar-refractivity contribution < 1.29 is 19.1 Å². The van der Waals surface area contributed by atoms with Gasteiger partial charge >= 0.3 is 5.97 Å². The number of rotatable bonds is 4. The zero-order valence-electron chi connectivity index (χ0n) is 8.95. The molecule has 0 amide bonds. The van der Waals surface area contributed by atoms with Crippen molar-refractivity contribution in [2.24, 2.45) is 5.92 Å². The van der Waals surface area contributed by atoms with Crippen molar-refractivity contribution in [3.63, 3.8) is 0 Å². The lowest BCUT2D eigenvalue weighted by Gasteiger charge is -2.18. The van der Waals surface area contributed by atoms with Crippen LogP contribution in [0.3, 0.4) is 0 Å². The van der Waals surface area contributed by atoms with E-state index in [0.717, 1.165) is 0 Å². The highest BCUT2D eigenvalue weighted by Gasteiger charge is 2.27. The largest absolute Gasteiger partial charge is 0.466 e. The van der Waals surface area contributed by atoms with Gasteiger partial charge in [-0.25, -0.2) is 0 Å². The van der Waals surface area contributed by atoms with Gasteiger partial charge in [-0.1, -0.05) is 0 Å². The maximum atomic E-state index is 11.4. The summed E-state index contributed by atoms with van der Waals surface area (Å²) in [5, 5.41) is 0. The van der Waals surface area contributed by atoms with Gasteiger partial charge < -0.3 is 4.74 Å². The van der Waals surface area contributed by atoms with E-state index in [9.17, 15) is 14.4 Å². The van der Waals surface area contributed by atoms with E-state index < -0.39 is 0 Å². The van der Waals surface area contributed by atoms with Gasteiger partial charge in [0.05, 0.1) is 6.61 Å². The summed E-state index contributed by atoms with van der Waals surface area (Å²) in [5.74, 6) is -0.304. The number of ether oxygens (including phenoxy) is 1. The van der Waals surface area contributed by atoms with E-state index in [1.807, 2.05) is 0 Å². The molecule has 4 heteroatoms. The Morgan fingerprint density at radius 2 is 2.13 bits per heavy atom. The van der Waals surface area contributed by atoms with E-state index in [2.05, 4.69) is 0 Å². The Hall–Kier alpha value is -1.19. The predicted molar refractivity (Wildman–Crippen MR) is 53.2 cm³/mol. The van der Waals surface area contributed by atoms with Crippen molar-refractivity contribution in [2.45, 2.75) is 39.0 Å². The van der Waals surface area contributed by atoms with Crippen molar-refractivity contribution in [3.8, 4) is 0 Å². The second-order valence-corrected chi connectivity index (χ2v) is 3.75. The van der Waals surface area contributed by atoms with Gasteiger partial charge in [0.15, 0.2) is 0 Å². The Bertz CT molecular complexity index is 270. The predicted octanol–water partition coefficient (Wildman–Crippen LogP) is 1.27. The molecule has 84 valence electrons. The SMILES string of the molecule is CCOC(=O)CCC1CC(=O)CCC1=O. The molecule has 0 radical (unpaired) electrons. The quantitative estimate of drug-likeness (QED) is 0.658. The molecule has 0 aromatic rings. The number of hydrogen-bond donors (Lipinski definition) is 0. The molecule has 15 heavy (non-hydrogen) atoms. The van der Waals surface area contributed by atoms with E-state index in [0.29, 0.717) is 32.3 Å². The van der Waals surface area contributed by atoms with Crippen LogP contribution < -0.4 is 0 Å². The van der Waals surface area contributed by atoms with Crippen molar-refractivity contribution in [2.75, 3.05) is 6.61 Å².